The summed E-state index contributed by atoms with van der Waals surface area (Å²) in [6.45, 7) is 6.67. The first-order valence-electron chi connectivity index (χ1n) is 16.2. The zero-order valence-electron chi connectivity index (χ0n) is 26.2. The highest BCUT2D eigenvalue weighted by Gasteiger charge is 2.67. The maximum Gasteiger partial charge on any atom is 0.338 e. The SMILES string of the molecule is Cc1ccc(-c2ccccc2)c(C)c1-c1nn2[n+](c1C)C13c4c(cccc4-2)Oc2ccc4c5ccccc5n(c4c21)-c1cccc[n+]13. The summed E-state index contributed by atoms with van der Waals surface area (Å²) in [5, 5.41) is 7.96. The summed E-state index contributed by atoms with van der Waals surface area (Å²) in [5.41, 5.74) is 13.0. The van der Waals surface area contributed by atoms with Crippen molar-refractivity contribution >= 4 is 21.8 Å². The van der Waals surface area contributed by atoms with Crippen molar-refractivity contribution in [3.05, 3.63) is 149 Å². The number of aryl methyl sites for hydroxylation is 1. The van der Waals surface area contributed by atoms with Crippen molar-refractivity contribution in [3.8, 4) is 45.4 Å². The summed E-state index contributed by atoms with van der Waals surface area (Å²) in [6.07, 6.45) is 2.23. The Morgan fingerprint density at radius 2 is 1.51 bits per heavy atom. The number of aromatic nitrogens is 5. The Hall–Kier alpha value is -6.01. The Kier molecular flexibility index (Phi) is 4.51. The molecule has 0 bridgehead atoms. The Balaban J connectivity index is 1.31. The van der Waals surface area contributed by atoms with Gasteiger partial charge in [0.05, 0.1) is 11.3 Å². The predicted molar refractivity (Wildman–Crippen MR) is 181 cm³/mol. The zero-order valence-corrected chi connectivity index (χ0v) is 26.2. The van der Waals surface area contributed by atoms with Crippen LogP contribution in [-0.4, -0.2) is 14.5 Å². The van der Waals surface area contributed by atoms with Gasteiger partial charge in [-0.3, -0.25) is 0 Å². The molecule has 222 valence electrons. The molecule has 5 aromatic carbocycles. The number of pyridine rings is 1. The van der Waals surface area contributed by atoms with Crippen LogP contribution in [0.1, 0.15) is 27.9 Å². The number of fused-ring (bicyclic) bond motifs is 7. The summed E-state index contributed by atoms with van der Waals surface area (Å²) < 4.78 is 14.1. The van der Waals surface area contributed by atoms with Crippen molar-refractivity contribution in [2.45, 2.75) is 26.4 Å². The molecule has 8 aromatic rings. The van der Waals surface area contributed by atoms with E-state index in [1.807, 2.05) is 0 Å². The Labute approximate surface area is 270 Å². The molecule has 6 nitrogen and oxygen atoms in total. The molecule has 0 aliphatic carbocycles. The molecule has 11 rings (SSSR count). The molecule has 0 saturated carbocycles. The summed E-state index contributed by atoms with van der Waals surface area (Å²) in [5.74, 6) is 2.83. The fourth-order valence-corrected chi connectivity index (χ4v) is 8.88. The Morgan fingerprint density at radius 1 is 0.702 bits per heavy atom. The van der Waals surface area contributed by atoms with Gasteiger partial charge in [-0.2, -0.15) is 9.13 Å². The number of ether oxygens (including phenoxy) is 1. The molecule has 3 aromatic heterocycles. The molecule has 0 amide bonds. The molecule has 0 saturated heterocycles. The van der Waals surface area contributed by atoms with E-state index in [9.17, 15) is 0 Å². The van der Waals surface area contributed by atoms with Crippen LogP contribution in [-0.2, 0) is 5.66 Å². The van der Waals surface area contributed by atoms with Gasteiger partial charge in [0.2, 0.25) is 0 Å². The first-order valence-corrected chi connectivity index (χ1v) is 16.2. The summed E-state index contributed by atoms with van der Waals surface area (Å²) in [7, 11) is 0. The van der Waals surface area contributed by atoms with Gasteiger partial charge < -0.3 is 4.74 Å². The maximum atomic E-state index is 6.82. The van der Waals surface area contributed by atoms with Crippen LogP contribution in [0.4, 0.5) is 0 Å². The van der Waals surface area contributed by atoms with Gasteiger partial charge in [0.25, 0.3) is 11.5 Å². The highest BCUT2D eigenvalue weighted by atomic mass is 16.5. The van der Waals surface area contributed by atoms with Gasteiger partial charge in [-0.1, -0.05) is 71.4 Å². The van der Waals surface area contributed by atoms with Crippen molar-refractivity contribution < 1.29 is 14.0 Å². The molecule has 6 heterocycles. The molecule has 3 aliphatic heterocycles. The number of benzene rings is 5. The third-order valence-electron chi connectivity index (χ3n) is 10.7. The fraction of sp³-hybridized carbons (Fsp3) is 0.0976. The van der Waals surface area contributed by atoms with Gasteiger partial charge in [0.15, 0.2) is 11.2 Å². The van der Waals surface area contributed by atoms with E-state index < -0.39 is 5.66 Å². The number of hydrogen-bond donors (Lipinski definition) is 0. The van der Waals surface area contributed by atoms with Gasteiger partial charge in [-0.25, -0.2) is 0 Å². The molecule has 3 aliphatic rings. The third kappa shape index (κ3) is 2.78. The van der Waals surface area contributed by atoms with Gasteiger partial charge in [0, 0.05) is 29.3 Å². The number of para-hydroxylation sites is 1. The van der Waals surface area contributed by atoms with E-state index in [-0.39, 0.29) is 0 Å². The average Bonchev–Trinajstić information content (AvgIpc) is 3.72. The molecule has 1 spiro atoms. The summed E-state index contributed by atoms with van der Waals surface area (Å²) in [4.78, 5) is 2.14. The van der Waals surface area contributed by atoms with E-state index >= 15 is 0 Å². The third-order valence-corrected chi connectivity index (χ3v) is 10.7. The lowest BCUT2D eigenvalue weighted by Gasteiger charge is -2.35. The molecule has 0 fully saturated rings. The second-order valence-corrected chi connectivity index (χ2v) is 13.0. The molecule has 6 heteroatoms. The molecule has 0 N–H and O–H groups in total. The first kappa shape index (κ1) is 25.2. The number of hydrogen-bond acceptors (Lipinski definition) is 2. The molecule has 0 radical (unpaired) electrons. The van der Waals surface area contributed by atoms with E-state index in [0.717, 1.165) is 45.5 Å². The van der Waals surface area contributed by atoms with E-state index in [2.05, 4.69) is 161 Å². The molecular formula is C41H29N5O+2. The monoisotopic (exact) mass is 607 g/mol. The second kappa shape index (κ2) is 8.42. The Morgan fingerprint density at radius 3 is 2.40 bits per heavy atom. The van der Waals surface area contributed by atoms with Crippen molar-refractivity contribution in [3.63, 3.8) is 0 Å². The Bertz CT molecular complexity index is 2700. The van der Waals surface area contributed by atoms with E-state index in [0.29, 0.717) is 0 Å². The summed E-state index contributed by atoms with van der Waals surface area (Å²) in [6, 6.07) is 41.1. The van der Waals surface area contributed by atoms with E-state index in [1.54, 1.807) is 0 Å². The van der Waals surface area contributed by atoms with E-state index in [1.165, 1.54) is 49.6 Å². The van der Waals surface area contributed by atoms with Crippen molar-refractivity contribution in [2.75, 3.05) is 0 Å². The number of nitrogens with zero attached hydrogens (tertiary/aromatic N) is 5. The zero-order chi connectivity index (χ0) is 31.2. The quantitative estimate of drug-likeness (QED) is 0.188. The second-order valence-electron chi connectivity index (χ2n) is 13.0. The van der Waals surface area contributed by atoms with Crippen LogP contribution in [0.5, 0.6) is 11.5 Å². The van der Waals surface area contributed by atoms with Gasteiger partial charge in [-0.05, 0) is 83.4 Å². The lowest BCUT2D eigenvalue weighted by atomic mass is 9.84. The van der Waals surface area contributed by atoms with Crippen LogP contribution >= 0.6 is 0 Å². The standard InChI is InChI=1S/C41H29N5O/c1-24-19-20-28(27-12-5-4-6-13-27)25(2)36(24)39-26(3)45-41-37-32(46(45)42-39)16-11-17-33(37)47-34-22-21-30-29-14-7-8-15-31(29)44(40(30)38(34)41)35-18-9-10-23-43(35)41/h4-23H,1-3H3/q+2. The number of rotatable bonds is 2. The largest absolute Gasteiger partial charge is 0.456 e. The summed E-state index contributed by atoms with van der Waals surface area (Å²) >= 11 is 0. The van der Waals surface area contributed by atoms with Crippen molar-refractivity contribution in [1.29, 1.82) is 0 Å². The lowest BCUT2D eigenvalue weighted by Crippen LogP contribution is -2.77. The lowest BCUT2D eigenvalue weighted by molar-refractivity contribution is -0.997. The maximum absolute atomic E-state index is 6.82. The first-order chi connectivity index (χ1) is 23.1. The fourth-order valence-electron chi connectivity index (χ4n) is 8.88. The van der Waals surface area contributed by atoms with E-state index in [4.69, 9.17) is 9.84 Å². The minimum Gasteiger partial charge on any atom is -0.456 e. The average molecular weight is 608 g/mol. The van der Waals surface area contributed by atoms with Crippen molar-refractivity contribution in [2.24, 2.45) is 0 Å². The van der Waals surface area contributed by atoms with Crippen LogP contribution in [0.25, 0.3) is 55.7 Å². The van der Waals surface area contributed by atoms with Crippen LogP contribution in [0, 0.1) is 20.8 Å². The molecule has 47 heavy (non-hydrogen) atoms. The smallest absolute Gasteiger partial charge is 0.338 e. The molecule has 1 atom stereocenters. The predicted octanol–water partition coefficient (Wildman–Crippen LogP) is 7.83. The van der Waals surface area contributed by atoms with Gasteiger partial charge in [-0.15, -0.1) is 0 Å². The van der Waals surface area contributed by atoms with Crippen LogP contribution in [0.15, 0.2) is 121 Å². The topological polar surface area (TPSA) is 39.7 Å². The highest BCUT2D eigenvalue weighted by molar-refractivity contribution is 6.11. The van der Waals surface area contributed by atoms with Crippen molar-refractivity contribution in [1.82, 2.24) is 14.5 Å². The minimum absolute atomic E-state index is 0.756. The van der Waals surface area contributed by atoms with Crippen LogP contribution in [0.3, 0.4) is 0 Å². The van der Waals surface area contributed by atoms with Gasteiger partial charge >= 0.3 is 5.66 Å². The van der Waals surface area contributed by atoms with Gasteiger partial charge in [0.1, 0.15) is 33.8 Å². The molecule has 1 unspecified atom stereocenters. The normalized spacial score (nSPS) is 16.2. The highest BCUT2D eigenvalue weighted by Crippen LogP contribution is 2.55. The van der Waals surface area contributed by atoms with Crippen LogP contribution < -0.4 is 14.0 Å². The minimum atomic E-state index is -0.756. The molecular weight excluding hydrogens is 578 g/mol. The van der Waals surface area contributed by atoms with Crippen LogP contribution in [0.2, 0.25) is 0 Å².